The topological polar surface area (TPSA) is 75.4 Å². The Labute approximate surface area is 119 Å². The van der Waals surface area contributed by atoms with Crippen molar-refractivity contribution in [2.45, 2.75) is 25.8 Å². The van der Waals surface area contributed by atoms with Crippen LogP contribution in [-0.4, -0.2) is 42.4 Å². The minimum absolute atomic E-state index is 0.00382. The molecule has 1 unspecified atom stereocenters. The van der Waals surface area contributed by atoms with E-state index in [1.54, 1.807) is 4.90 Å². The minimum atomic E-state index is -0.519. The van der Waals surface area contributed by atoms with E-state index in [0.29, 0.717) is 32.5 Å². The molecule has 0 bridgehead atoms. The highest BCUT2D eigenvalue weighted by molar-refractivity contribution is 5.87. The number of hydrogen-bond donors (Lipinski definition) is 2. The van der Waals surface area contributed by atoms with Crippen LogP contribution in [0.1, 0.15) is 17.5 Å². The number of primary amides is 1. The van der Waals surface area contributed by atoms with Crippen molar-refractivity contribution >= 4 is 11.8 Å². The van der Waals surface area contributed by atoms with Crippen LogP contribution in [0.2, 0.25) is 0 Å². The van der Waals surface area contributed by atoms with E-state index in [-0.39, 0.29) is 5.91 Å². The largest absolute Gasteiger partial charge is 0.368 e. The predicted molar refractivity (Wildman–Crippen MR) is 77.1 cm³/mol. The van der Waals surface area contributed by atoms with Crippen LogP contribution in [0, 0.1) is 6.92 Å². The number of nitrogens with two attached hydrogens (primary N) is 1. The van der Waals surface area contributed by atoms with E-state index in [1.807, 2.05) is 31.2 Å². The second kappa shape index (κ2) is 6.52. The van der Waals surface area contributed by atoms with Gasteiger partial charge in [-0.3, -0.25) is 9.59 Å². The van der Waals surface area contributed by atoms with Gasteiger partial charge in [0.1, 0.15) is 6.04 Å². The summed E-state index contributed by atoms with van der Waals surface area (Å²) in [6.07, 6.45) is 1.10. The first kappa shape index (κ1) is 14.5. The lowest BCUT2D eigenvalue weighted by atomic mass is 10.1. The minimum Gasteiger partial charge on any atom is -0.368 e. The lowest BCUT2D eigenvalue weighted by Gasteiger charge is -2.34. The van der Waals surface area contributed by atoms with E-state index in [0.717, 1.165) is 5.56 Å². The van der Waals surface area contributed by atoms with Crippen molar-refractivity contribution in [3.8, 4) is 0 Å². The summed E-state index contributed by atoms with van der Waals surface area (Å²) in [4.78, 5) is 25.2. The van der Waals surface area contributed by atoms with Gasteiger partial charge in [0.25, 0.3) is 0 Å². The first-order valence-electron chi connectivity index (χ1n) is 6.93. The average molecular weight is 275 g/mol. The van der Waals surface area contributed by atoms with Gasteiger partial charge in [-0.2, -0.15) is 0 Å². The molecule has 1 fully saturated rings. The standard InChI is InChI=1S/C15H21N3O2/c1-11-2-4-12(5-3-11)6-7-14(19)18-9-8-17-10-13(18)15(16)20/h2-5,13,17H,6-10H2,1H3,(H2,16,20). The molecule has 2 amide bonds. The van der Waals surface area contributed by atoms with E-state index >= 15 is 0 Å². The molecular weight excluding hydrogens is 254 g/mol. The molecule has 5 heteroatoms. The number of carbonyl (C=O) groups excluding carboxylic acids is 2. The van der Waals surface area contributed by atoms with Crippen molar-refractivity contribution in [2.75, 3.05) is 19.6 Å². The monoisotopic (exact) mass is 275 g/mol. The van der Waals surface area contributed by atoms with Crippen molar-refractivity contribution in [3.05, 3.63) is 35.4 Å². The molecule has 1 aliphatic rings. The molecule has 1 aromatic carbocycles. The average Bonchev–Trinajstić information content (AvgIpc) is 2.46. The summed E-state index contributed by atoms with van der Waals surface area (Å²) in [5, 5.41) is 3.09. The van der Waals surface area contributed by atoms with E-state index in [9.17, 15) is 9.59 Å². The fourth-order valence-electron chi connectivity index (χ4n) is 2.41. The lowest BCUT2D eigenvalue weighted by molar-refractivity contribution is -0.140. The Kier molecular flexibility index (Phi) is 4.74. The molecule has 2 rings (SSSR count). The van der Waals surface area contributed by atoms with Crippen LogP contribution >= 0.6 is 0 Å². The van der Waals surface area contributed by atoms with Crippen LogP contribution in [0.3, 0.4) is 0 Å². The third kappa shape index (κ3) is 3.57. The third-order valence-electron chi connectivity index (χ3n) is 3.64. The Morgan fingerprint density at radius 3 is 2.70 bits per heavy atom. The summed E-state index contributed by atoms with van der Waals surface area (Å²) in [6, 6.07) is 7.63. The van der Waals surface area contributed by atoms with Crippen molar-refractivity contribution < 1.29 is 9.59 Å². The summed E-state index contributed by atoms with van der Waals surface area (Å²) in [6.45, 7) is 3.74. The molecule has 5 nitrogen and oxygen atoms in total. The molecule has 0 spiro atoms. The predicted octanol–water partition coefficient (Wildman–Crippen LogP) is 0.213. The van der Waals surface area contributed by atoms with Gasteiger partial charge in [-0.25, -0.2) is 0 Å². The molecule has 0 radical (unpaired) electrons. The van der Waals surface area contributed by atoms with Crippen molar-refractivity contribution in [1.29, 1.82) is 0 Å². The fourth-order valence-corrected chi connectivity index (χ4v) is 2.41. The van der Waals surface area contributed by atoms with Gasteiger partial charge in [0.05, 0.1) is 0 Å². The van der Waals surface area contributed by atoms with Gasteiger partial charge >= 0.3 is 0 Å². The third-order valence-corrected chi connectivity index (χ3v) is 3.64. The van der Waals surface area contributed by atoms with Crippen LogP contribution in [0.15, 0.2) is 24.3 Å². The molecule has 1 atom stereocenters. The normalized spacial score (nSPS) is 18.9. The number of hydrogen-bond acceptors (Lipinski definition) is 3. The maximum absolute atomic E-state index is 12.2. The van der Waals surface area contributed by atoms with E-state index in [4.69, 9.17) is 5.73 Å². The first-order chi connectivity index (χ1) is 9.58. The number of rotatable bonds is 4. The highest BCUT2D eigenvalue weighted by Gasteiger charge is 2.29. The molecular formula is C15H21N3O2. The Hall–Kier alpha value is -1.88. The molecule has 0 saturated carbocycles. The number of amides is 2. The molecule has 1 saturated heterocycles. The van der Waals surface area contributed by atoms with Gasteiger partial charge in [0, 0.05) is 26.1 Å². The SMILES string of the molecule is Cc1ccc(CCC(=O)N2CCNCC2C(N)=O)cc1. The summed E-state index contributed by atoms with van der Waals surface area (Å²) >= 11 is 0. The maximum Gasteiger partial charge on any atom is 0.241 e. The Morgan fingerprint density at radius 2 is 2.05 bits per heavy atom. The van der Waals surface area contributed by atoms with Crippen LogP contribution in [0.5, 0.6) is 0 Å². The van der Waals surface area contributed by atoms with E-state index < -0.39 is 11.9 Å². The van der Waals surface area contributed by atoms with Gasteiger partial charge in [0.2, 0.25) is 11.8 Å². The molecule has 1 heterocycles. The molecule has 3 N–H and O–H groups in total. The Balaban J connectivity index is 1.93. The first-order valence-corrected chi connectivity index (χ1v) is 6.93. The lowest BCUT2D eigenvalue weighted by Crippen LogP contribution is -2.58. The fraction of sp³-hybridized carbons (Fsp3) is 0.467. The number of nitrogens with one attached hydrogen (secondary N) is 1. The zero-order valence-electron chi connectivity index (χ0n) is 11.8. The number of aryl methyl sites for hydroxylation is 2. The van der Waals surface area contributed by atoms with Gasteiger partial charge in [-0.1, -0.05) is 29.8 Å². The smallest absolute Gasteiger partial charge is 0.241 e. The summed E-state index contributed by atoms with van der Waals surface area (Å²) in [7, 11) is 0. The molecule has 108 valence electrons. The van der Waals surface area contributed by atoms with Gasteiger partial charge < -0.3 is 16.0 Å². The number of benzene rings is 1. The summed E-state index contributed by atoms with van der Waals surface area (Å²) in [5.41, 5.74) is 7.69. The quantitative estimate of drug-likeness (QED) is 0.825. The van der Waals surface area contributed by atoms with Gasteiger partial charge in [-0.15, -0.1) is 0 Å². The maximum atomic E-state index is 12.2. The Morgan fingerprint density at radius 1 is 1.35 bits per heavy atom. The molecule has 0 aromatic heterocycles. The van der Waals surface area contributed by atoms with Crippen LogP contribution < -0.4 is 11.1 Å². The molecule has 1 aromatic rings. The Bertz CT molecular complexity index is 484. The van der Waals surface area contributed by atoms with Crippen LogP contribution in [-0.2, 0) is 16.0 Å². The zero-order chi connectivity index (χ0) is 14.5. The van der Waals surface area contributed by atoms with Crippen LogP contribution in [0.4, 0.5) is 0 Å². The van der Waals surface area contributed by atoms with Crippen molar-refractivity contribution in [2.24, 2.45) is 5.73 Å². The second-order valence-corrected chi connectivity index (χ2v) is 5.20. The number of carbonyl (C=O) groups is 2. The highest BCUT2D eigenvalue weighted by Crippen LogP contribution is 2.10. The summed E-state index contributed by atoms with van der Waals surface area (Å²) in [5.74, 6) is -0.447. The van der Waals surface area contributed by atoms with E-state index in [1.165, 1.54) is 5.56 Å². The molecule has 20 heavy (non-hydrogen) atoms. The van der Waals surface area contributed by atoms with Gasteiger partial charge in [-0.05, 0) is 18.9 Å². The molecule has 0 aliphatic carbocycles. The second-order valence-electron chi connectivity index (χ2n) is 5.20. The van der Waals surface area contributed by atoms with Crippen molar-refractivity contribution in [1.82, 2.24) is 10.2 Å². The van der Waals surface area contributed by atoms with Gasteiger partial charge in [0.15, 0.2) is 0 Å². The summed E-state index contributed by atoms with van der Waals surface area (Å²) < 4.78 is 0. The van der Waals surface area contributed by atoms with Crippen molar-refractivity contribution in [3.63, 3.8) is 0 Å². The number of piperazine rings is 1. The van der Waals surface area contributed by atoms with Crippen LogP contribution in [0.25, 0.3) is 0 Å². The van der Waals surface area contributed by atoms with E-state index in [2.05, 4.69) is 5.32 Å². The zero-order valence-corrected chi connectivity index (χ0v) is 11.8. The number of nitrogens with zero attached hydrogens (tertiary/aromatic N) is 1. The molecule has 1 aliphatic heterocycles. The highest BCUT2D eigenvalue weighted by atomic mass is 16.2.